The molecule has 0 spiro atoms. The number of carbonyl (C=O) groups excluding carboxylic acids is 3. The summed E-state index contributed by atoms with van der Waals surface area (Å²) < 4.78 is 38.3. The molecule has 16 nitrogen and oxygen atoms in total. The van der Waals surface area contributed by atoms with Gasteiger partial charge in [0.1, 0.15) is 23.3 Å². The zero-order valence-corrected chi connectivity index (χ0v) is 41.3. The quantitative estimate of drug-likeness (QED) is 0.170. The first-order valence-corrected chi connectivity index (χ1v) is 25.4. The molecule has 3 fully saturated rings. The minimum absolute atomic E-state index is 0.00986. The van der Waals surface area contributed by atoms with Crippen LogP contribution >= 0.6 is 0 Å². The number of imide groups is 1. The van der Waals surface area contributed by atoms with Gasteiger partial charge in [0.2, 0.25) is 11.8 Å². The van der Waals surface area contributed by atoms with E-state index in [9.17, 15) is 24.0 Å². The number of aryl methyl sites for hydroxylation is 3. The Kier molecular flexibility index (Phi) is 12.6. The lowest BCUT2D eigenvalue weighted by molar-refractivity contribution is -0.135. The lowest BCUT2D eigenvalue weighted by Gasteiger charge is -2.39. The Morgan fingerprint density at radius 3 is 2.36 bits per heavy atom. The summed E-state index contributed by atoms with van der Waals surface area (Å²) in [6, 6.07) is 11.4. The first kappa shape index (κ1) is 47.6. The molecule has 2 N–H and O–H groups in total. The predicted octanol–water partition coefficient (Wildman–Crippen LogP) is 5.43. The number of carbonyl (C=O) groups is 3. The highest BCUT2D eigenvalue weighted by atomic mass is 19.1. The van der Waals surface area contributed by atoms with Crippen LogP contribution in [0.25, 0.3) is 33.3 Å². The number of likely N-dealkylation sites (tertiary alicyclic amines) is 1. The van der Waals surface area contributed by atoms with E-state index in [-0.39, 0.29) is 42.1 Å². The fourth-order valence-corrected chi connectivity index (χ4v) is 12.1. The van der Waals surface area contributed by atoms with E-state index >= 15 is 8.78 Å². The van der Waals surface area contributed by atoms with Crippen LogP contribution in [0.4, 0.5) is 14.5 Å². The summed E-state index contributed by atoms with van der Waals surface area (Å²) in [7, 11) is 3.62. The Labute approximate surface area is 415 Å². The smallest absolute Gasteiger partial charge is 0.329 e. The van der Waals surface area contributed by atoms with E-state index in [0.717, 1.165) is 103 Å². The second kappa shape index (κ2) is 19.0. The topological polar surface area (TPSA) is 155 Å². The Morgan fingerprint density at radius 2 is 1.62 bits per heavy atom. The summed E-state index contributed by atoms with van der Waals surface area (Å²) in [4.78, 5) is 78.5. The van der Waals surface area contributed by atoms with Crippen molar-refractivity contribution in [3.8, 4) is 5.69 Å². The lowest BCUT2D eigenvalue weighted by Crippen LogP contribution is -2.48. The number of benzene rings is 2. The van der Waals surface area contributed by atoms with Crippen LogP contribution in [0, 0.1) is 24.5 Å². The number of imidazole rings is 1. The molecule has 3 saturated heterocycles. The number of fused-ring (bicyclic) bond motifs is 3. The molecule has 0 bridgehead atoms. The number of piperazine rings is 1. The highest BCUT2D eigenvalue weighted by Crippen LogP contribution is 2.35. The van der Waals surface area contributed by atoms with Crippen molar-refractivity contribution >= 4 is 51.0 Å². The van der Waals surface area contributed by atoms with Gasteiger partial charge in [0, 0.05) is 156 Å². The molecule has 6 aromatic rings. The molecule has 0 saturated carbocycles. The molecule has 2 aromatic carbocycles. The van der Waals surface area contributed by atoms with Gasteiger partial charge in [0.15, 0.2) is 0 Å². The van der Waals surface area contributed by atoms with Gasteiger partial charge in [-0.25, -0.2) is 18.6 Å². The van der Waals surface area contributed by atoms with Gasteiger partial charge in [-0.3, -0.25) is 48.0 Å². The maximum absolute atomic E-state index is 16.1. The minimum atomic E-state index is -0.875. The number of hydrogen-bond acceptors (Lipinski definition) is 10. The summed E-state index contributed by atoms with van der Waals surface area (Å²) in [5.74, 6) is -1.47. The molecule has 2 atom stereocenters. The number of hydrogen-bond donors (Lipinski definition) is 2. The molecule has 0 aliphatic carbocycles. The van der Waals surface area contributed by atoms with E-state index in [1.54, 1.807) is 23.9 Å². The molecule has 0 radical (unpaired) electrons. The largest absolute Gasteiger partial charge is 0.384 e. The maximum Gasteiger partial charge on any atom is 0.329 e. The molecule has 5 aliphatic heterocycles. The summed E-state index contributed by atoms with van der Waals surface area (Å²) in [5.41, 5.74) is 7.96. The van der Waals surface area contributed by atoms with Crippen molar-refractivity contribution in [1.82, 2.24) is 48.2 Å². The maximum atomic E-state index is 16.1. The number of nitrogens with zero attached hydrogens (tertiary/aromatic N) is 9. The Morgan fingerprint density at radius 1 is 0.847 bits per heavy atom. The van der Waals surface area contributed by atoms with Gasteiger partial charge in [0.05, 0.1) is 16.7 Å². The number of halogens is 2. The molecule has 376 valence electrons. The summed E-state index contributed by atoms with van der Waals surface area (Å²) in [6.07, 6.45) is 9.08. The summed E-state index contributed by atoms with van der Waals surface area (Å²) in [6.45, 7) is 11.9. The molecular formula is C54H61F2N11O5. The number of amides is 3. The Balaban J connectivity index is 0.673. The standard InChI is InChI=1S/C54H61F2N11O5/c1-32-25-36(26-41(56)49(32)35-11-18-64(19-12-35)33(2)45-28-39-43(8-15-58-50(39)60(45)3)66-20-13-42-38(53(66)71)7-14-57-42)52(70)65-16-9-34(10-17-65)30-62-21-23-63(24-22-62)31-37-27-46-47(29-40(37)55)67(54(72)61(46)4)44-5-6-48(68)59-51(44)69/h8,11,13,15,20,25-29,33-34,44,57H,5-7,9-10,12,14,16-19,21-24,30-31H2,1-4H3,(H,59,68,69)/t33-,44-/m0/s1. The van der Waals surface area contributed by atoms with E-state index in [0.29, 0.717) is 72.7 Å². The van der Waals surface area contributed by atoms with Gasteiger partial charge in [-0.15, -0.1) is 0 Å². The SMILES string of the molecule is Cc1cc(C(=O)N2CCC(CN3CCN(Cc4cc5c(cc4F)n([C@H]4CCC(=O)NC4=O)c(=O)n5C)CC3)CC2)cc(F)c1C1=CCN([C@@H](C)c2cc3c(-n4ccc5c(c4=O)CCN5)ccnc3n2C)CC1. The first-order valence-electron chi connectivity index (χ1n) is 25.4. The molecule has 0 unspecified atom stereocenters. The van der Waals surface area contributed by atoms with Crippen LogP contribution in [0.5, 0.6) is 0 Å². The van der Waals surface area contributed by atoms with Gasteiger partial charge in [-0.1, -0.05) is 6.08 Å². The normalized spacial score (nSPS) is 20.0. The third kappa shape index (κ3) is 8.55. The Hall–Kier alpha value is -6.76. The zero-order chi connectivity index (χ0) is 50.1. The van der Waals surface area contributed by atoms with Crippen molar-refractivity contribution in [2.75, 3.05) is 70.8 Å². The van der Waals surface area contributed by atoms with Gasteiger partial charge in [0.25, 0.3) is 11.5 Å². The molecule has 11 rings (SSSR count). The first-order chi connectivity index (χ1) is 34.7. The molecule has 18 heteroatoms. The van der Waals surface area contributed by atoms with Crippen molar-refractivity contribution in [2.24, 2.45) is 20.0 Å². The van der Waals surface area contributed by atoms with E-state index in [1.807, 2.05) is 43.3 Å². The van der Waals surface area contributed by atoms with Crippen LogP contribution in [0.15, 0.2) is 70.5 Å². The highest BCUT2D eigenvalue weighted by Gasteiger charge is 2.33. The fourth-order valence-electron chi connectivity index (χ4n) is 12.1. The number of rotatable bonds is 10. The number of anilines is 1. The van der Waals surface area contributed by atoms with Crippen LogP contribution < -0.4 is 21.9 Å². The number of nitrogens with one attached hydrogen (secondary N) is 2. The van der Waals surface area contributed by atoms with Crippen LogP contribution in [-0.4, -0.2) is 126 Å². The molecular weight excluding hydrogens is 921 g/mol. The van der Waals surface area contributed by atoms with E-state index in [4.69, 9.17) is 4.98 Å². The van der Waals surface area contributed by atoms with Gasteiger partial charge < -0.3 is 19.7 Å². The fraction of sp³-hybridized carbons (Fsp3) is 0.444. The monoisotopic (exact) mass is 981 g/mol. The third-order valence-corrected chi connectivity index (χ3v) is 16.2. The number of piperidine rings is 2. The van der Waals surface area contributed by atoms with Crippen molar-refractivity contribution in [2.45, 2.75) is 71.0 Å². The second-order valence-corrected chi connectivity index (χ2v) is 20.5. The average molecular weight is 982 g/mol. The van der Waals surface area contributed by atoms with E-state index < -0.39 is 23.5 Å². The highest BCUT2D eigenvalue weighted by molar-refractivity contribution is 6.00. The average Bonchev–Trinajstić information content (AvgIpc) is 4.06. The van der Waals surface area contributed by atoms with Crippen molar-refractivity contribution in [1.29, 1.82) is 0 Å². The Bertz CT molecular complexity index is 3310. The van der Waals surface area contributed by atoms with E-state index in [2.05, 4.69) is 49.0 Å². The van der Waals surface area contributed by atoms with E-state index in [1.165, 1.54) is 21.3 Å². The molecule has 72 heavy (non-hydrogen) atoms. The van der Waals surface area contributed by atoms with Crippen LogP contribution in [-0.2, 0) is 36.6 Å². The summed E-state index contributed by atoms with van der Waals surface area (Å²) in [5, 5.41) is 6.49. The van der Waals surface area contributed by atoms with Gasteiger partial charge in [-0.05, 0) is 99.4 Å². The summed E-state index contributed by atoms with van der Waals surface area (Å²) >= 11 is 0. The number of aromatic nitrogens is 5. The van der Waals surface area contributed by atoms with Crippen LogP contribution in [0.1, 0.15) is 89.4 Å². The second-order valence-electron chi connectivity index (χ2n) is 20.5. The zero-order valence-electron chi connectivity index (χ0n) is 41.3. The van der Waals surface area contributed by atoms with Gasteiger partial charge >= 0.3 is 5.69 Å². The third-order valence-electron chi connectivity index (χ3n) is 16.2. The van der Waals surface area contributed by atoms with Crippen LogP contribution in [0.3, 0.4) is 0 Å². The van der Waals surface area contributed by atoms with Crippen LogP contribution in [0.2, 0.25) is 0 Å². The van der Waals surface area contributed by atoms with Crippen molar-refractivity contribution in [3.63, 3.8) is 0 Å². The van der Waals surface area contributed by atoms with Gasteiger partial charge in [-0.2, -0.15) is 0 Å². The number of pyridine rings is 2. The molecule has 4 aromatic heterocycles. The molecule has 3 amide bonds. The van der Waals surface area contributed by atoms with Crippen molar-refractivity contribution < 1.29 is 23.2 Å². The minimum Gasteiger partial charge on any atom is -0.384 e. The van der Waals surface area contributed by atoms with Crippen molar-refractivity contribution in [3.05, 3.63) is 127 Å². The lowest BCUT2D eigenvalue weighted by atomic mass is 9.92. The molecule has 9 heterocycles. The molecule has 5 aliphatic rings. The predicted molar refractivity (Wildman–Crippen MR) is 271 cm³/mol.